The monoisotopic (exact) mass is 335 g/mol. The predicted octanol–water partition coefficient (Wildman–Crippen LogP) is 3.28. The third kappa shape index (κ3) is 2.94. The zero-order valence-electron chi connectivity index (χ0n) is 11.5. The third-order valence-corrected chi connectivity index (χ3v) is 4.49. The summed E-state index contributed by atoms with van der Waals surface area (Å²) >= 11 is 3.44. The summed E-state index contributed by atoms with van der Waals surface area (Å²) in [7, 11) is 2.00. The fraction of sp³-hybridized carbons (Fsp3) is 0.467. The Kier molecular flexibility index (Phi) is 4.17. The Balaban J connectivity index is 1.72. The highest BCUT2D eigenvalue weighted by molar-refractivity contribution is 9.10. The lowest BCUT2D eigenvalue weighted by Gasteiger charge is -2.14. The van der Waals surface area contributed by atoms with Crippen LogP contribution in [-0.2, 0) is 6.42 Å². The van der Waals surface area contributed by atoms with Gasteiger partial charge in [-0.05, 0) is 37.6 Å². The van der Waals surface area contributed by atoms with Crippen molar-refractivity contribution >= 4 is 15.9 Å². The number of hydrogen-bond donors (Lipinski definition) is 1. The quantitative estimate of drug-likeness (QED) is 0.931. The molecule has 2 atom stereocenters. The van der Waals surface area contributed by atoms with Crippen LogP contribution < -0.4 is 5.32 Å². The molecule has 3 rings (SSSR count). The van der Waals surface area contributed by atoms with Crippen LogP contribution in [0.25, 0.3) is 0 Å². The minimum absolute atomic E-state index is 0.367. The minimum Gasteiger partial charge on any atom is -0.339 e. The normalized spacial score (nSPS) is 22.3. The van der Waals surface area contributed by atoms with E-state index in [1.807, 2.05) is 19.2 Å². The third-order valence-electron chi connectivity index (χ3n) is 3.96. The van der Waals surface area contributed by atoms with E-state index >= 15 is 0 Å². The molecule has 0 aliphatic heterocycles. The molecule has 5 heteroatoms. The molecule has 1 aliphatic rings. The fourth-order valence-electron chi connectivity index (χ4n) is 2.88. The van der Waals surface area contributed by atoms with E-state index in [1.165, 1.54) is 18.4 Å². The lowest BCUT2D eigenvalue weighted by Crippen LogP contribution is -2.27. The van der Waals surface area contributed by atoms with E-state index in [0.717, 1.165) is 22.6 Å². The number of nitrogens with zero attached hydrogens (tertiary/aromatic N) is 2. The first-order valence-corrected chi connectivity index (χ1v) is 7.80. The van der Waals surface area contributed by atoms with Crippen molar-refractivity contribution in [2.24, 2.45) is 0 Å². The van der Waals surface area contributed by atoms with Crippen LogP contribution in [0.15, 0.2) is 33.3 Å². The van der Waals surface area contributed by atoms with Gasteiger partial charge in [0.2, 0.25) is 5.89 Å². The molecule has 1 aromatic carbocycles. The van der Waals surface area contributed by atoms with E-state index in [0.29, 0.717) is 18.4 Å². The van der Waals surface area contributed by atoms with E-state index < -0.39 is 0 Å². The van der Waals surface area contributed by atoms with Gasteiger partial charge in [0.25, 0.3) is 0 Å². The molecule has 0 spiro atoms. The number of aromatic nitrogens is 2. The zero-order chi connectivity index (χ0) is 13.9. The molecule has 20 heavy (non-hydrogen) atoms. The summed E-state index contributed by atoms with van der Waals surface area (Å²) in [4.78, 5) is 4.58. The molecular formula is C15H18BrN3O. The molecule has 0 amide bonds. The fourth-order valence-corrected chi connectivity index (χ4v) is 3.14. The number of hydrogen-bond acceptors (Lipinski definition) is 4. The molecule has 1 N–H and O–H groups in total. The highest BCUT2D eigenvalue weighted by atomic mass is 79.9. The first kappa shape index (κ1) is 13.8. The highest BCUT2D eigenvalue weighted by Gasteiger charge is 2.31. The van der Waals surface area contributed by atoms with Crippen LogP contribution in [0.5, 0.6) is 0 Å². The summed E-state index contributed by atoms with van der Waals surface area (Å²) in [5.74, 6) is 1.92. The van der Waals surface area contributed by atoms with Crippen LogP contribution in [0.2, 0.25) is 0 Å². The Hall–Kier alpha value is -1.20. The minimum atomic E-state index is 0.367. The van der Waals surface area contributed by atoms with Gasteiger partial charge in [0, 0.05) is 16.9 Å². The maximum absolute atomic E-state index is 5.47. The molecule has 1 fully saturated rings. The van der Waals surface area contributed by atoms with Crippen LogP contribution in [0, 0.1) is 0 Å². The van der Waals surface area contributed by atoms with Crippen molar-refractivity contribution in [1.82, 2.24) is 15.5 Å². The Morgan fingerprint density at radius 3 is 2.85 bits per heavy atom. The second kappa shape index (κ2) is 6.06. The van der Waals surface area contributed by atoms with Gasteiger partial charge < -0.3 is 9.84 Å². The maximum Gasteiger partial charge on any atom is 0.231 e. The molecule has 106 valence electrons. The van der Waals surface area contributed by atoms with Gasteiger partial charge in [-0.3, -0.25) is 0 Å². The first-order chi connectivity index (χ1) is 9.76. The molecule has 1 heterocycles. The van der Waals surface area contributed by atoms with Crippen LogP contribution in [0.3, 0.4) is 0 Å². The topological polar surface area (TPSA) is 51.0 Å². The Labute approximate surface area is 127 Å². The summed E-state index contributed by atoms with van der Waals surface area (Å²) in [5, 5.41) is 7.47. The summed E-state index contributed by atoms with van der Waals surface area (Å²) in [5.41, 5.74) is 1.19. The molecule has 2 unspecified atom stereocenters. The van der Waals surface area contributed by atoms with E-state index in [2.05, 4.69) is 43.5 Å². The second-order valence-electron chi connectivity index (χ2n) is 5.28. The van der Waals surface area contributed by atoms with E-state index in [4.69, 9.17) is 4.52 Å². The zero-order valence-corrected chi connectivity index (χ0v) is 13.1. The molecule has 1 saturated carbocycles. The van der Waals surface area contributed by atoms with Crippen molar-refractivity contribution in [3.8, 4) is 0 Å². The van der Waals surface area contributed by atoms with E-state index in [1.54, 1.807) is 0 Å². The first-order valence-electron chi connectivity index (χ1n) is 7.00. The van der Waals surface area contributed by atoms with E-state index in [-0.39, 0.29) is 0 Å². The van der Waals surface area contributed by atoms with Crippen LogP contribution in [0.1, 0.15) is 42.5 Å². The molecule has 4 nitrogen and oxygen atoms in total. The number of rotatable bonds is 4. The average Bonchev–Trinajstić information content (AvgIpc) is 3.09. The summed E-state index contributed by atoms with van der Waals surface area (Å²) < 4.78 is 6.55. The summed E-state index contributed by atoms with van der Waals surface area (Å²) in [6, 6.07) is 8.68. The largest absolute Gasteiger partial charge is 0.339 e. The highest BCUT2D eigenvalue weighted by Crippen LogP contribution is 2.33. The van der Waals surface area contributed by atoms with Crippen molar-refractivity contribution in [3.63, 3.8) is 0 Å². The van der Waals surface area contributed by atoms with Crippen LogP contribution >= 0.6 is 15.9 Å². The van der Waals surface area contributed by atoms with E-state index in [9.17, 15) is 0 Å². The molecule has 0 saturated heterocycles. The van der Waals surface area contributed by atoms with Gasteiger partial charge >= 0.3 is 0 Å². The SMILES string of the molecule is CNC1CCCC1c1nc(Cc2ccc(Br)cc2)no1. The lowest BCUT2D eigenvalue weighted by molar-refractivity contribution is 0.332. The van der Waals surface area contributed by atoms with Crippen molar-refractivity contribution in [3.05, 3.63) is 46.0 Å². The number of likely N-dealkylation sites (N-methyl/N-ethyl adjacent to an activating group) is 1. The standard InChI is InChI=1S/C15H18BrN3O/c1-17-13-4-2-3-12(13)15-18-14(19-20-15)9-10-5-7-11(16)8-6-10/h5-8,12-13,17H,2-4,9H2,1H3. The van der Waals surface area contributed by atoms with Gasteiger partial charge in [0.15, 0.2) is 5.82 Å². The van der Waals surface area contributed by atoms with Crippen molar-refractivity contribution < 1.29 is 4.52 Å². The molecule has 0 bridgehead atoms. The lowest BCUT2D eigenvalue weighted by atomic mass is 10.0. The van der Waals surface area contributed by atoms with Gasteiger partial charge in [-0.1, -0.05) is 39.6 Å². The van der Waals surface area contributed by atoms with Gasteiger partial charge in [-0.15, -0.1) is 0 Å². The number of benzene rings is 1. The van der Waals surface area contributed by atoms with Gasteiger partial charge in [0.05, 0.1) is 5.92 Å². The second-order valence-corrected chi connectivity index (χ2v) is 6.20. The predicted molar refractivity (Wildman–Crippen MR) is 80.7 cm³/mol. The average molecular weight is 336 g/mol. The van der Waals surface area contributed by atoms with Gasteiger partial charge in [-0.25, -0.2) is 0 Å². The van der Waals surface area contributed by atoms with Crippen LogP contribution in [0.4, 0.5) is 0 Å². The molecular weight excluding hydrogens is 318 g/mol. The Bertz CT molecular complexity index is 567. The van der Waals surface area contributed by atoms with Crippen molar-refractivity contribution in [2.45, 2.75) is 37.6 Å². The smallest absolute Gasteiger partial charge is 0.231 e. The van der Waals surface area contributed by atoms with Gasteiger partial charge in [0.1, 0.15) is 0 Å². The molecule has 1 aromatic heterocycles. The summed E-state index contributed by atoms with van der Waals surface area (Å²) in [6.45, 7) is 0. The van der Waals surface area contributed by atoms with Crippen molar-refractivity contribution in [2.75, 3.05) is 7.05 Å². The number of nitrogens with one attached hydrogen (secondary N) is 1. The molecule has 2 aromatic rings. The Morgan fingerprint density at radius 1 is 1.30 bits per heavy atom. The van der Waals surface area contributed by atoms with Crippen LogP contribution in [-0.4, -0.2) is 23.2 Å². The van der Waals surface area contributed by atoms with Crippen molar-refractivity contribution in [1.29, 1.82) is 0 Å². The Morgan fingerprint density at radius 2 is 2.10 bits per heavy atom. The van der Waals surface area contributed by atoms with Gasteiger partial charge in [-0.2, -0.15) is 4.98 Å². The maximum atomic E-state index is 5.47. The molecule has 0 radical (unpaired) electrons. The summed E-state index contributed by atoms with van der Waals surface area (Å²) in [6.07, 6.45) is 4.26. The number of halogens is 1. The molecule has 1 aliphatic carbocycles.